The van der Waals surface area contributed by atoms with E-state index in [-0.39, 0.29) is 33.8 Å². The Bertz CT molecular complexity index is 3280. The summed E-state index contributed by atoms with van der Waals surface area (Å²) in [4.78, 5) is 5.34. The highest BCUT2D eigenvalue weighted by atomic mass is 32.1. The Balaban J connectivity index is 1.27. The Labute approximate surface area is 411 Å². The molecule has 0 atom stereocenters. The molecule has 8 aromatic rings. The molecule has 3 heterocycles. The Kier molecular flexibility index (Phi) is 10.1. The van der Waals surface area contributed by atoms with Crippen molar-refractivity contribution < 1.29 is 0 Å². The normalized spacial score (nSPS) is 16.0. The van der Waals surface area contributed by atoms with Crippen LogP contribution in [-0.4, -0.2) is 6.71 Å². The summed E-state index contributed by atoms with van der Waals surface area (Å²) in [6.07, 6.45) is 2.34. The summed E-state index contributed by atoms with van der Waals surface area (Å²) in [5.74, 6) is 0. The van der Waals surface area contributed by atoms with Crippen LogP contribution in [0.4, 0.5) is 34.1 Å². The largest absolute Gasteiger partial charge is 0.311 e. The van der Waals surface area contributed by atoms with Crippen molar-refractivity contribution in [2.24, 2.45) is 0 Å². The maximum absolute atomic E-state index is 2.70. The van der Waals surface area contributed by atoms with Crippen molar-refractivity contribution in [2.45, 2.75) is 130 Å². The highest BCUT2D eigenvalue weighted by Gasteiger charge is 2.48. The topological polar surface area (TPSA) is 6.48 Å². The van der Waals surface area contributed by atoms with E-state index in [0.29, 0.717) is 0 Å². The van der Waals surface area contributed by atoms with E-state index in [1.807, 2.05) is 11.3 Å². The summed E-state index contributed by atoms with van der Waals surface area (Å²) < 4.78 is 2.75. The predicted octanol–water partition coefficient (Wildman–Crippen LogP) is 16.2. The van der Waals surface area contributed by atoms with Crippen molar-refractivity contribution in [3.8, 4) is 11.1 Å². The summed E-state index contributed by atoms with van der Waals surface area (Å²) in [6.45, 7) is 31.0. The molecule has 342 valence electrons. The second-order valence-electron chi connectivity index (χ2n) is 24.2. The van der Waals surface area contributed by atoms with Crippen LogP contribution in [0.1, 0.15) is 135 Å². The van der Waals surface area contributed by atoms with Gasteiger partial charge in [0.25, 0.3) is 6.71 Å². The van der Waals surface area contributed by atoms with Gasteiger partial charge in [0.05, 0.1) is 11.4 Å². The molecule has 1 aromatic heterocycles. The van der Waals surface area contributed by atoms with Gasteiger partial charge < -0.3 is 9.80 Å². The molecule has 0 spiro atoms. The Morgan fingerprint density at radius 1 is 0.515 bits per heavy atom. The van der Waals surface area contributed by atoms with Crippen molar-refractivity contribution in [3.05, 3.63) is 185 Å². The first kappa shape index (κ1) is 44.7. The van der Waals surface area contributed by atoms with Crippen LogP contribution in [-0.2, 0) is 27.1 Å². The lowest BCUT2D eigenvalue weighted by Crippen LogP contribution is -2.61. The molecular formula is C64H67BN2S. The number of thiophene rings is 1. The number of hydrogen-bond acceptors (Lipinski definition) is 3. The minimum absolute atomic E-state index is 0.0239. The molecule has 3 aliphatic rings. The van der Waals surface area contributed by atoms with Gasteiger partial charge >= 0.3 is 0 Å². The molecule has 0 radical (unpaired) electrons. The highest BCUT2D eigenvalue weighted by Crippen LogP contribution is 2.53. The number of aryl methyl sites for hydroxylation is 1. The molecule has 0 amide bonds. The zero-order valence-electron chi connectivity index (χ0n) is 42.7. The van der Waals surface area contributed by atoms with E-state index in [1.54, 1.807) is 0 Å². The van der Waals surface area contributed by atoms with E-state index >= 15 is 0 Å². The van der Waals surface area contributed by atoms with E-state index < -0.39 is 0 Å². The molecule has 11 rings (SSSR count). The molecule has 0 saturated heterocycles. The van der Waals surface area contributed by atoms with Gasteiger partial charge in [0.2, 0.25) is 0 Å². The van der Waals surface area contributed by atoms with Gasteiger partial charge in [0.1, 0.15) is 0 Å². The lowest BCUT2D eigenvalue weighted by atomic mass is 9.35. The third-order valence-electron chi connectivity index (χ3n) is 16.2. The van der Waals surface area contributed by atoms with Crippen molar-refractivity contribution in [1.82, 2.24) is 0 Å². The summed E-state index contributed by atoms with van der Waals surface area (Å²) in [6, 6.07) is 56.6. The fourth-order valence-corrected chi connectivity index (χ4v) is 13.1. The fourth-order valence-electron chi connectivity index (χ4n) is 11.8. The molecule has 2 aliphatic heterocycles. The van der Waals surface area contributed by atoms with Crippen LogP contribution in [0.3, 0.4) is 0 Å². The third-order valence-corrected chi connectivity index (χ3v) is 17.4. The molecule has 4 heteroatoms. The van der Waals surface area contributed by atoms with Gasteiger partial charge in [0.15, 0.2) is 0 Å². The SMILES string of the molecule is Cc1cc2c3c(c1)N(c1ccc(C(C)(C)C)cc1-c1ccccc1)c1c(sc4ccc(C(C)(C)c5ccccc5)cc14)B3c1cc3c(cc1N2c1ccc(C(C)(C)C)cc1)C(C)(C)CCC3(C)C. The zero-order valence-corrected chi connectivity index (χ0v) is 43.5. The zero-order chi connectivity index (χ0) is 47.9. The Hall–Kier alpha value is -5.84. The summed E-state index contributed by atoms with van der Waals surface area (Å²) in [5.41, 5.74) is 22.4. The number of hydrogen-bond donors (Lipinski definition) is 0. The van der Waals surface area contributed by atoms with E-state index in [2.05, 4.69) is 245 Å². The molecular weight excluding hydrogens is 840 g/mol. The standard InChI is InChI=1S/C64H67BN2S/c1-40-34-54-57-55(35-40)67(52-30-26-44(61(5,6)7)36-47(52)41-20-16-14-17-21-41)58-48-37-45(64(12,13)43-22-18-15-19-23-43)27-31-56(48)68-59(58)65(57)51-38-49-50(63(10,11)33-32-62(49,8)9)39-53(51)66(54)46-28-24-42(25-29-46)60(2,3)4/h14-31,34-39H,32-33H2,1-13H3. The number of benzene rings is 7. The van der Waals surface area contributed by atoms with Crippen molar-refractivity contribution in [2.75, 3.05) is 9.80 Å². The van der Waals surface area contributed by atoms with E-state index in [9.17, 15) is 0 Å². The summed E-state index contributed by atoms with van der Waals surface area (Å²) in [7, 11) is 0. The van der Waals surface area contributed by atoms with Crippen molar-refractivity contribution in [3.63, 3.8) is 0 Å². The lowest BCUT2D eigenvalue weighted by Gasteiger charge is -2.47. The Morgan fingerprint density at radius 2 is 1.09 bits per heavy atom. The van der Waals surface area contributed by atoms with Crippen LogP contribution in [0.25, 0.3) is 21.2 Å². The lowest BCUT2D eigenvalue weighted by molar-refractivity contribution is 0.332. The molecule has 68 heavy (non-hydrogen) atoms. The van der Waals surface area contributed by atoms with E-state index in [1.165, 1.54) is 123 Å². The first-order valence-electron chi connectivity index (χ1n) is 25.0. The average Bonchev–Trinajstić information content (AvgIpc) is 3.68. The van der Waals surface area contributed by atoms with Crippen LogP contribution in [0.5, 0.6) is 0 Å². The maximum Gasteiger partial charge on any atom is 0.264 e. The van der Waals surface area contributed by atoms with Crippen LogP contribution in [0.2, 0.25) is 0 Å². The number of rotatable bonds is 5. The van der Waals surface area contributed by atoms with Crippen molar-refractivity contribution >= 4 is 78.0 Å². The average molecular weight is 907 g/mol. The first-order valence-corrected chi connectivity index (χ1v) is 25.8. The molecule has 7 aromatic carbocycles. The molecule has 0 unspecified atom stereocenters. The van der Waals surface area contributed by atoms with Crippen molar-refractivity contribution in [1.29, 1.82) is 0 Å². The second kappa shape index (κ2) is 15.3. The van der Waals surface area contributed by atoms with Gasteiger partial charge in [-0.15, -0.1) is 11.3 Å². The van der Waals surface area contributed by atoms with Gasteiger partial charge in [0, 0.05) is 48.6 Å². The van der Waals surface area contributed by atoms with E-state index in [0.717, 1.165) is 0 Å². The summed E-state index contributed by atoms with van der Waals surface area (Å²) >= 11 is 2.01. The molecule has 2 nitrogen and oxygen atoms in total. The maximum atomic E-state index is 2.70. The van der Waals surface area contributed by atoms with Gasteiger partial charge in [-0.05, 0) is 151 Å². The third kappa shape index (κ3) is 7.02. The molecule has 0 N–H and O–H groups in total. The number of anilines is 6. The van der Waals surface area contributed by atoms with Gasteiger partial charge in [-0.1, -0.05) is 174 Å². The number of fused-ring (bicyclic) bond motifs is 7. The Morgan fingerprint density at radius 3 is 1.72 bits per heavy atom. The van der Waals surface area contributed by atoms with Crippen LogP contribution < -0.4 is 25.5 Å². The fraction of sp³-hybridized carbons (Fsp3) is 0.312. The van der Waals surface area contributed by atoms with Gasteiger partial charge in [-0.3, -0.25) is 0 Å². The first-order chi connectivity index (χ1) is 32.1. The van der Waals surface area contributed by atoms with Crippen LogP contribution >= 0.6 is 11.3 Å². The van der Waals surface area contributed by atoms with Gasteiger partial charge in [-0.25, -0.2) is 0 Å². The predicted molar refractivity (Wildman–Crippen MR) is 297 cm³/mol. The monoisotopic (exact) mass is 907 g/mol. The molecule has 1 aliphatic carbocycles. The smallest absolute Gasteiger partial charge is 0.264 e. The highest BCUT2D eigenvalue weighted by molar-refractivity contribution is 7.33. The molecule has 0 fully saturated rings. The molecule has 0 saturated carbocycles. The minimum Gasteiger partial charge on any atom is -0.311 e. The second-order valence-corrected chi connectivity index (χ2v) is 25.3. The molecule has 0 bridgehead atoms. The quantitative estimate of drug-likeness (QED) is 0.159. The van der Waals surface area contributed by atoms with Crippen LogP contribution in [0.15, 0.2) is 146 Å². The summed E-state index contributed by atoms with van der Waals surface area (Å²) in [5, 5.41) is 1.32. The van der Waals surface area contributed by atoms with E-state index in [4.69, 9.17) is 0 Å². The number of nitrogens with zero attached hydrogens (tertiary/aromatic N) is 2. The minimum atomic E-state index is -0.201. The van der Waals surface area contributed by atoms with Crippen LogP contribution in [0, 0.1) is 6.92 Å². The van der Waals surface area contributed by atoms with Gasteiger partial charge in [-0.2, -0.15) is 0 Å².